The van der Waals surface area contributed by atoms with E-state index in [0.717, 1.165) is 0 Å². The van der Waals surface area contributed by atoms with Crippen molar-refractivity contribution in [1.29, 1.82) is 0 Å². The van der Waals surface area contributed by atoms with Crippen LogP contribution in [0.25, 0.3) is 0 Å². The number of nitrogens with one attached hydrogen (secondary N) is 2. The molecule has 1 atom stereocenters. The topological polar surface area (TPSA) is 80.3 Å². The second-order valence-corrected chi connectivity index (χ2v) is 4.77. The third-order valence-electron chi connectivity index (χ3n) is 2.47. The summed E-state index contributed by atoms with van der Waals surface area (Å²) in [6, 6.07) is 0.0403. The minimum Gasteiger partial charge on any atom is -0.465 e. The number of carbonyl (C=O) groups is 2. The molecule has 0 aromatic carbocycles. The summed E-state index contributed by atoms with van der Waals surface area (Å²) >= 11 is 1.24. The molecule has 1 saturated heterocycles. The van der Waals surface area contributed by atoms with Gasteiger partial charge in [-0.2, -0.15) is 0 Å². The summed E-state index contributed by atoms with van der Waals surface area (Å²) in [5, 5.41) is 6.50. The molecule has 0 radical (unpaired) electrons. The lowest BCUT2D eigenvalue weighted by atomic mass is 10.3. The smallest absolute Gasteiger partial charge is 0.350 e. The van der Waals surface area contributed by atoms with Crippen molar-refractivity contribution in [3.05, 3.63) is 10.6 Å². The molecule has 2 heterocycles. The average Bonchev–Trinajstić information content (AvgIpc) is 2.85. The van der Waals surface area contributed by atoms with Crippen LogP contribution in [0, 0.1) is 6.92 Å². The van der Waals surface area contributed by atoms with Crippen molar-refractivity contribution >= 4 is 28.3 Å². The minimum absolute atomic E-state index is 0.0315. The molecule has 1 aliphatic heterocycles. The molecule has 1 amide bonds. The Labute approximate surface area is 102 Å². The van der Waals surface area contributed by atoms with Crippen LogP contribution >= 0.6 is 11.3 Å². The maximum atomic E-state index is 11.4. The van der Waals surface area contributed by atoms with E-state index in [1.54, 1.807) is 6.92 Å². The minimum atomic E-state index is -0.381. The highest BCUT2D eigenvalue weighted by molar-refractivity contribution is 7.17. The SMILES string of the molecule is COC(=O)c1sc(NC2CNC(=O)C2)nc1C. The standard InChI is InChI=1S/C10H13N3O3S/c1-5-8(9(15)16-2)17-10(12-5)13-6-3-7(14)11-4-6/h6H,3-4H2,1-2H3,(H,11,14)(H,12,13). The van der Waals surface area contributed by atoms with Crippen molar-refractivity contribution in [2.75, 3.05) is 19.0 Å². The number of carbonyl (C=O) groups excluding carboxylic acids is 2. The molecule has 1 aromatic heterocycles. The Balaban J connectivity index is 2.07. The molecule has 0 aliphatic carbocycles. The number of rotatable bonds is 3. The summed E-state index contributed by atoms with van der Waals surface area (Å²) in [5.74, 6) is -0.349. The van der Waals surface area contributed by atoms with Crippen LogP contribution in [0.5, 0.6) is 0 Å². The first-order chi connectivity index (χ1) is 8.10. The Morgan fingerprint density at radius 1 is 1.65 bits per heavy atom. The highest BCUT2D eigenvalue weighted by Crippen LogP contribution is 2.24. The van der Waals surface area contributed by atoms with Gasteiger partial charge < -0.3 is 15.4 Å². The molecule has 1 aliphatic rings. The van der Waals surface area contributed by atoms with Crippen molar-refractivity contribution in [3.8, 4) is 0 Å². The Hall–Kier alpha value is -1.63. The maximum absolute atomic E-state index is 11.4. The lowest BCUT2D eigenvalue weighted by Gasteiger charge is -2.07. The lowest BCUT2D eigenvalue weighted by molar-refractivity contribution is -0.119. The van der Waals surface area contributed by atoms with Crippen molar-refractivity contribution in [2.45, 2.75) is 19.4 Å². The second-order valence-electron chi connectivity index (χ2n) is 3.77. The number of ether oxygens (including phenoxy) is 1. The van der Waals surface area contributed by atoms with E-state index in [4.69, 9.17) is 0 Å². The molecule has 17 heavy (non-hydrogen) atoms. The zero-order valence-electron chi connectivity index (χ0n) is 9.57. The van der Waals surface area contributed by atoms with E-state index in [1.807, 2.05) is 0 Å². The fourth-order valence-corrected chi connectivity index (χ4v) is 2.58. The fraction of sp³-hybridized carbons (Fsp3) is 0.500. The van der Waals surface area contributed by atoms with E-state index >= 15 is 0 Å². The van der Waals surface area contributed by atoms with Gasteiger partial charge in [0.05, 0.1) is 18.8 Å². The normalized spacial score (nSPS) is 18.9. The van der Waals surface area contributed by atoms with Gasteiger partial charge >= 0.3 is 5.97 Å². The summed E-state index contributed by atoms with van der Waals surface area (Å²) in [7, 11) is 1.34. The molecule has 1 unspecified atom stereocenters. The molecule has 7 heteroatoms. The Morgan fingerprint density at radius 2 is 2.41 bits per heavy atom. The van der Waals surface area contributed by atoms with Crippen molar-refractivity contribution in [1.82, 2.24) is 10.3 Å². The molecular formula is C10H13N3O3S. The number of aromatic nitrogens is 1. The number of esters is 1. The number of thiazole rings is 1. The van der Waals surface area contributed by atoms with E-state index in [-0.39, 0.29) is 17.9 Å². The number of aryl methyl sites for hydroxylation is 1. The number of nitrogens with zero attached hydrogens (tertiary/aromatic N) is 1. The molecule has 0 saturated carbocycles. The third-order valence-corrected chi connectivity index (χ3v) is 3.54. The second kappa shape index (κ2) is 4.70. The van der Waals surface area contributed by atoms with Gasteiger partial charge in [-0.05, 0) is 6.92 Å². The van der Waals surface area contributed by atoms with Crippen molar-refractivity contribution in [3.63, 3.8) is 0 Å². The van der Waals surface area contributed by atoms with E-state index < -0.39 is 0 Å². The monoisotopic (exact) mass is 255 g/mol. The summed E-state index contributed by atoms with van der Waals surface area (Å²) in [6.07, 6.45) is 0.437. The van der Waals surface area contributed by atoms with Crippen LogP contribution in [-0.4, -0.2) is 36.6 Å². The van der Waals surface area contributed by atoms with Gasteiger partial charge in [0.15, 0.2) is 5.13 Å². The molecule has 6 nitrogen and oxygen atoms in total. The Bertz CT molecular complexity index is 458. The number of hydrogen-bond donors (Lipinski definition) is 2. The molecule has 0 bridgehead atoms. The number of hydrogen-bond acceptors (Lipinski definition) is 6. The van der Waals surface area contributed by atoms with Crippen LogP contribution in [0.2, 0.25) is 0 Å². The largest absolute Gasteiger partial charge is 0.465 e. The summed E-state index contributed by atoms with van der Waals surface area (Å²) in [5.41, 5.74) is 0.640. The zero-order valence-corrected chi connectivity index (χ0v) is 10.4. The zero-order chi connectivity index (χ0) is 12.4. The first-order valence-electron chi connectivity index (χ1n) is 5.19. The van der Waals surface area contributed by atoms with Crippen LogP contribution < -0.4 is 10.6 Å². The van der Waals surface area contributed by atoms with Gasteiger partial charge in [-0.3, -0.25) is 4.79 Å². The maximum Gasteiger partial charge on any atom is 0.350 e. The van der Waals surface area contributed by atoms with Crippen LogP contribution in [0.4, 0.5) is 5.13 Å². The quantitative estimate of drug-likeness (QED) is 0.770. The highest BCUT2D eigenvalue weighted by Gasteiger charge is 2.23. The van der Waals surface area contributed by atoms with E-state index in [1.165, 1.54) is 18.4 Å². The number of amides is 1. The number of methoxy groups -OCH3 is 1. The van der Waals surface area contributed by atoms with Crippen LogP contribution in [0.1, 0.15) is 21.8 Å². The van der Waals surface area contributed by atoms with Gasteiger partial charge in [-0.25, -0.2) is 9.78 Å². The Kier molecular flexibility index (Phi) is 3.28. The lowest BCUT2D eigenvalue weighted by Crippen LogP contribution is -2.22. The van der Waals surface area contributed by atoms with E-state index in [2.05, 4.69) is 20.4 Å². The van der Waals surface area contributed by atoms with Crippen molar-refractivity contribution in [2.24, 2.45) is 0 Å². The average molecular weight is 255 g/mol. The van der Waals surface area contributed by atoms with E-state index in [9.17, 15) is 9.59 Å². The molecular weight excluding hydrogens is 242 g/mol. The van der Waals surface area contributed by atoms with Crippen LogP contribution in [-0.2, 0) is 9.53 Å². The van der Waals surface area contributed by atoms with Gasteiger partial charge in [0.1, 0.15) is 4.88 Å². The molecule has 2 N–H and O–H groups in total. The molecule has 92 valence electrons. The highest BCUT2D eigenvalue weighted by atomic mass is 32.1. The summed E-state index contributed by atoms with van der Waals surface area (Å²) in [4.78, 5) is 27.1. The van der Waals surface area contributed by atoms with Crippen LogP contribution in [0.3, 0.4) is 0 Å². The molecule has 1 fully saturated rings. The van der Waals surface area contributed by atoms with Gasteiger partial charge in [0, 0.05) is 13.0 Å². The Morgan fingerprint density at radius 3 is 3.00 bits per heavy atom. The molecule has 2 rings (SSSR count). The molecule has 1 aromatic rings. The predicted octanol–water partition coefficient (Wildman–Crippen LogP) is 0.539. The van der Waals surface area contributed by atoms with E-state index in [0.29, 0.717) is 28.7 Å². The van der Waals surface area contributed by atoms with Crippen LogP contribution in [0.15, 0.2) is 0 Å². The van der Waals surface area contributed by atoms with Gasteiger partial charge in [0.25, 0.3) is 0 Å². The first kappa shape index (κ1) is 11.8. The summed E-state index contributed by atoms with van der Waals surface area (Å²) < 4.78 is 4.65. The summed E-state index contributed by atoms with van der Waals surface area (Å²) in [6.45, 7) is 2.34. The van der Waals surface area contributed by atoms with Gasteiger partial charge in [0.2, 0.25) is 5.91 Å². The van der Waals surface area contributed by atoms with Crippen molar-refractivity contribution < 1.29 is 14.3 Å². The molecule has 0 spiro atoms. The first-order valence-corrected chi connectivity index (χ1v) is 6.00. The van der Waals surface area contributed by atoms with Gasteiger partial charge in [-0.15, -0.1) is 0 Å². The number of anilines is 1. The van der Waals surface area contributed by atoms with Gasteiger partial charge in [-0.1, -0.05) is 11.3 Å². The third kappa shape index (κ3) is 2.55. The fourth-order valence-electron chi connectivity index (χ4n) is 1.62. The predicted molar refractivity (Wildman–Crippen MR) is 63.2 cm³/mol.